The van der Waals surface area contributed by atoms with Gasteiger partial charge in [0.05, 0.1) is 32.1 Å². The molecule has 0 amide bonds. The Morgan fingerprint density at radius 1 is 1.31 bits per heavy atom. The van der Waals surface area contributed by atoms with Crippen LogP contribution in [0.1, 0.15) is 12.8 Å². The topological polar surface area (TPSA) is 60.0 Å². The molecule has 4 nitrogen and oxygen atoms in total. The predicted octanol–water partition coefficient (Wildman–Crippen LogP) is 1.05. The van der Waals surface area contributed by atoms with Crippen LogP contribution in [0.5, 0.6) is 0 Å². The van der Waals surface area contributed by atoms with Crippen molar-refractivity contribution in [1.29, 1.82) is 10.5 Å². The first kappa shape index (κ1) is 11.7. The number of thiocarbonyl (C=S) groups is 1. The van der Waals surface area contributed by atoms with Crippen molar-refractivity contribution in [3.63, 3.8) is 0 Å². The van der Waals surface area contributed by atoms with Gasteiger partial charge in [0.15, 0.2) is 0 Å². The summed E-state index contributed by atoms with van der Waals surface area (Å²) in [6.45, 7) is 1.04. The summed E-state index contributed by atoms with van der Waals surface area (Å²) < 4.78 is 4.84. The lowest BCUT2D eigenvalue weighted by Gasteiger charge is -2.20. The minimum absolute atomic E-state index is 0.338. The van der Waals surface area contributed by atoms with Crippen molar-refractivity contribution in [2.24, 2.45) is 0 Å². The maximum Gasteiger partial charge on any atom is 0.259 e. The van der Waals surface area contributed by atoms with Crippen LogP contribution in [-0.2, 0) is 4.74 Å². The van der Waals surface area contributed by atoms with Crippen LogP contribution < -0.4 is 0 Å². The van der Waals surface area contributed by atoms with E-state index in [1.54, 1.807) is 4.90 Å². The summed E-state index contributed by atoms with van der Waals surface area (Å²) in [5.41, 5.74) is 0. The van der Waals surface area contributed by atoms with Crippen LogP contribution in [0.15, 0.2) is 0 Å². The molecule has 0 aromatic rings. The van der Waals surface area contributed by atoms with Crippen LogP contribution in [-0.4, -0.2) is 30.3 Å². The fourth-order valence-corrected chi connectivity index (χ4v) is 0.976. The Balaban J connectivity index is 3.97. The van der Waals surface area contributed by atoms with Crippen molar-refractivity contribution in [3.8, 4) is 12.1 Å². The molecule has 0 fully saturated rings. The summed E-state index contributed by atoms with van der Waals surface area (Å²) in [7, 11) is 1.48. The van der Waals surface area contributed by atoms with Crippen molar-refractivity contribution >= 4 is 17.4 Å². The van der Waals surface area contributed by atoms with Crippen LogP contribution >= 0.6 is 12.2 Å². The van der Waals surface area contributed by atoms with Crippen LogP contribution in [0.25, 0.3) is 0 Å². The summed E-state index contributed by atoms with van der Waals surface area (Å²) >= 11 is 4.89. The molecule has 0 bridgehead atoms. The van der Waals surface area contributed by atoms with Crippen molar-refractivity contribution in [3.05, 3.63) is 0 Å². The zero-order chi connectivity index (χ0) is 10.1. The molecule has 0 unspecified atom stereocenters. The third-order valence-corrected chi connectivity index (χ3v) is 1.84. The molecule has 0 N–H and O–H groups in total. The Morgan fingerprint density at radius 3 is 2.08 bits per heavy atom. The van der Waals surface area contributed by atoms with Gasteiger partial charge in [0.1, 0.15) is 0 Å². The smallest absolute Gasteiger partial charge is 0.259 e. The zero-order valence-corrected chi connectivity index (χ0v) is 8.30. The van der Waals surface area contributed by atoms with Crippen molar-refractivity contribution in [1.82, 2.24) is 4.90 Å². The lowest BCUT2D eigenvalue weighted by molar-refractivity contribution is 0.300. The zero-order valence-electron chi connectivity index (χ0n) is 7.49. The summed E-state index contributed by atoms with van der Waals surface area (Å²) in [4.78, 5) is 1.71. The molecule has 0 saturated carbocycles. The monoisotopic (exact) mass is 197 g/mol. The number of methoxy groups -OCH3 is 1. The second kappa shape index (κ2) is 7.33. The van der Waals surface area contributed by atoms with Gasteiger partial charge in [-0.05, 0) is 12.2 Å². The Bertz CT molecular complexity index is 223. The first-order valence-corrected chi connectivity index (χ1v) is 4.24. The van der Waals surface area contributed by atoms with Gasteiger partial charge in [-0.1, -0.05) is 0 Å². The Labute approximate surface area is 83.3 Å². The van der Waals surface area contributed by atoms with Crippen LogP contribution in [0.2, 0.25) is 0 Å². The summed E-state index contributed by atoms with van der Waals surface area (Å²) in [5.74, 6) is 0. The van der Waals surface area contributed by atoms with Crippen molar-refractivity contribution in [2.45, 2.75) is 12.8 Å². The average molecular weight is 197 g/mol. The van der Waals surface area contributed by atoms with E-state index >= 15 is 0 Å². The van der Waals surface area contributed by atoms with Gasteiger partial charge in [0.2, 0.25) is 0 Å². The van der Waals surface area contributed by atoms with Crippen LogP contribution in [0.4, 0.5) is 0 Å². The molecule has 0 atom stereocenters. The highest BCUT2D eigenvalue weighted by Crippen LogP contribution is 1.97. The second-order valence-corrected chi connectivity index (χ2v) is 2.62. The molecule has 13 heavy (non-hydrogen) atoms. The van der Waals surface area contributed by atoms with Gasteiger partial charge in [-0.15, -0.1) is 0 Å². The molecular weight excluding hydrogens is 186 g/mol. The second-order valence-electron chi connectivity index (χ2n) is 2.27. The minimum Gasteiger partial charge on any atom is -0.474 e. The molecule has 0 heterocycles. The highest BCUT2D eigenvalue weighted by molar-refractivity contribution is 7.80. The van der Waals surface area contributed by atoms with E-state index in [1.165, 1.54) is 7.11 Å². The summed E-state index contributed by atoms with van der Waals surface area (Å²) in [5, 5.41) is 17.1. The first-order valence-electron chi connectivity index (χ1n) is 3.83. The standard InChI is InChI=1S/C8H11N3OS/c1-12-8(13)11(6-2-4-9)7-3-5-10/h2-3,6-7H2,1H3. The molecule has 0 aliphatic carbocycles. The van der Waals surface area contributed by atoms with Gasteiger partial charge in [-0.25, -0.2) is 0 Å². The Hall–Kier alpha value is -1.33. The molecule has 5 heteroatoms. The fraction of sp³-hybridized carbons (Fsp3) is 0.625. The molecule has 0 spiro atoms. The maximum atomic E-state index is 8.37. The molecule has 0 aromatic heterocycles. The molecular formula is C8H11N3OS. The summed E-state index contributed by atoms with van der Waals surface area (Å²) in [6, 6.07) is 4.03. The molecule has 0 rings (SSSR count). The van der Waals surface area contributed by atoms with Crippen molar-refractivity contribution in [2.75, 3.05) is 20.2 Å². The average Bonchev–Trinajstić information content (AvgIpc) is 2.17. The third kappa shape index (κ3) is 5.00. The van der Waals surface area contributed by atoms with E-state index in [9.17, 15) is 0 Å². The maximum absolute atomic E-state index is 8.37. The van der Waals surface area contributed by atoms with Crippen molar-refractivity contribution < 1.29 is 4.74 Å². The highest BCUT2D eigenvalue weighted by Gasteiger charge is 2.07. The first-order chi connectivity index (χ1) is 6.26. The van der Waals surface area contributed by atoms with E-state index in [0.29, 0.717) is 31.1 Å². The lowest BCUT2D eigenvalue weighted by Crippen LogP contribution is -2.32. The Kier molecular flexibility index (Phi) is 6.58. The molecule has 0 aliphatic rings. The third-order valence-electron chi connectivity index (χ3n) is 1.42. The molecule has 70 valence electrons. The fourth-order valence-electron chi connectivity index (χ4n) is 0.793. The van der Waals surface area contributed by atoms with Gasteiger partial charge in [-0.3, -0.25) is 0 Å². The van der Waals surface area contributed by atoms with Gasteiger partial charge in [0, 0.05) is 13.1 Å². The van der Waals surface area contributed by atoms with E-state index in [1.807, 2.05) is 12.1 Å². The normalized spacial score (nSPS) is 8.23. The van der Waals surface area contributed by atoms with Crippen LogP contribution in [0.3, 0.4) is 0 Å². The van der Waals surface area contributed by atoms with Gasteiger partial charge in [0.25, 0.3) is 5.17 Å². The Morgan fingerprint density at radius 2 is 1.77 bits per heavy atom. The number of nitriles is 2. The van der Waals surface area contributed by atoms with E-state index in [4.69, 9.17) is 27.5 Å². The number of hydrogen-bond acceptors (Lipinski definition) is 4. The quantitative estimate of drug-likeness (QED) is 0.630. The van der Waals surface area contributed by atoms with E-state index in [-0.39, 0.29) is 0 Å². The molecule has 0 radical (unpaired) electrons. The SMILES string of the molecule is COC(=S)N(CCC#N)CCC#N. The highest BCUT2D eigenvalue weighted by atomic mass is 32.1. The van der Waals surface area contributed by atoms with E-state index in [2.05, 4.69) is 0 Å². The predicted molar refractivity (Wildman–Crippen MR) is 51.6 cm³/mol. The number of hydrogen-bond donors (Lipinski definition) is 0. The van der Waals surface area contributed by atoms with Gasteiger partial charge in [-0.2, -0.15) is 10.5 Å². The van der Waals surface area contributed by atoms with Crippen LogP contribution in [0, 0.1) is 22.7 Å². The molecule has 0 aromatic carbocycles. The number of rotatable bonds is 4. The largest absolute Gasteiger partial charge is 0.474 e. The summed E-state index contributed by atoms with van der Waals surface area (Å²) in [6.07, 6.45) is 0.768. The number of ether oxygens (including phenoxy) is 1. The lowest BCUT2D eigenvalue weighted by atomic mass is 10.4. The van der Waals surface area contributed by atoms with E-state index < -0.39 is 0 Å². The molecule has 0 aliphatic heterocycles. The van der Waals surface area contributed by atoms with Gasteiger partial charge < -0.3 is 9.64 Å². The minimum atomic E-state index is 0.338. The van der Waals surface area contributed by atoms with Gasteiger partial charge >= 0.3 is 0 Å². The number of nitrogens with zero attached hydrogens (tertiary/aromatic N) is 3. The molecule has 0 saturated heterocycles. The van der Waals surface area contributed by atoms with E-state index in [0.717, 1.165) is 0 Å².